The van der Waals surface area contributed by atoms with Gasteiger partial charge in [-0.3, -0.25) is 4.79 Å². The monoisotopic (exact) mass is 310 g/mol. The summed E-state index contributed by atoms with van der Waals surface area (Å²) < 4.78 is 0. The van der Waals surface area contributed by atoms with Crippen molar-refractivity contribution < 1.29 is 4.79 Å². The van der Waals surface area contributed by atoms with E-state index in [1.165, 1.54) is 5.39 Å². The lowest BCUT2D eigenvalue weighted by Crippen LogP contribution is -2.46. The van der Waals surface area contributed by atoms with E-state index in [1.807, 2.05) is 24.3 Å². The highest BCUT2D eigenvalue weighted by molar-refractivity contribution is 5.98. The Hall–Kier alpha value is -1.87. The van der Waals surface area contributed by atoms with Crippen molar-refractivity contribution in [3.8, 4) is 0 Å². The fourth-order valence-corrected chi connectivity index (χ4v) is 3.38. The summed E-state index contributed by atoms with van der Waals surface area (Å²) in [5.74, 6) is 0.191. The van der Waals surface area contributed by atoms with Crippen molar-refractivity contribution in [1.29, 1.82) is 0 Å². The molecule has 1 aliphatic heterocycles. The SMILES string of the molecule is CCCCN(C(=O)c1ccc2ccccc2c1)C1CCNCC1. The third-order valence-corrected chi connectivity index (χ3v) is 4.76. The number of unbranched alkanes of at least 4 members (excludes halogenated alkanes) is 1. The maximum atomic E-state index is 13.1. The predicted molar refractivity (Wildman–Crippen MR) is 95.8 cm³/mol. The van der Waals surface area contributed by atoms with Gasteiger partial charge in [0.25, 0.3) is 5.91 Å². The maximum Gasteiger partial charge on any atom is 0.254 e. The van der Waals surface area contributed by atoms with Gasteiger partial charge in [-0.25, -0.2) is 0 Å². The van der Waals surface area contributed by atoms with E-state index in [1.54, 1.807) is 0 Å². The summed E-state index contributed by atoms with van der Waals surface area (Å²) in [5, 5.41) is 5.71. The van der Waals surface area contributed by atoms with E-state index in [4.69, 9.17) is 0 Å². The summed E-state index contributed by atoms with van der Waals surface area (Å²) >= 11 is 0. The molecule has 1 aliphatic rings. The van der Waals surface area contributed by atoms with Gasteiger partial charge in [-0.05, 0) is 55.3 Å². The molecule has 0 spiro atoms. The lowest BCUT2D eigenvalue weighted by Gasteiger charge is -2.35. The zero-order valence-corrected chi connectivity index (χ0v) is 13.9. The second-order valence-electron chi connectivity index (χ2n) is 6.40. The Balaban J connectivity index is 1.85. The number of amides is 1. The number of carbonyl (C=O) groups is 1. The van der Waals surface area contributed by atoms with Crippen molar-refractivity contribution in [3.63, 3.8) is 0 Å². The van der Waals surface area contributed by atoms with Gasteiger partial charge in [0, 0.05) is 18.2 Å². The molecule has 0 radical (unpaired) electrons. The molecule has 0 bridgehead atoms. The number of rotatable bonds is 5. The molecule has 1 N–H and O–H groups in total. The average Bonchev–Trinajstić information content (AvgIpc) is 2.62. The molecule has 2 aromatic carbocycles. The largest absolute Gasteiger partial charge is 0.336 e. The van der Waals surface area contributed by atoms with Crippen LogP contribution in [0.3, 0.4) is 0 Å². The van der Waals surface area contributed by atoms with Gasteiger partial charge < -0.3 is 10.2 Å². The summed E-state index contributed by atoms with van der Waals surface area (Å²) in [5.41, 5.74) is 0.818. The second-order valence-corrected chi connectivity index (χ2v) is 6.40. The molecule has 1 heterocycles. The van der Waals surface area contributed by atoms with Gasteiger partial charge in [-0.2, -0.15) is 0 Å². The minimum atomic E-state index is 0.191. The van der Waals surface area contributed by atoms with Gasteiger partial charge in [0.05, 0.1) is 0 Å². The second kappa shape index (κ2) is 7.60. The lowest BCUT2D eigenvalue weighted by molar-refractivity contribution is 0.0639. The number of nitrogens with zero attached hydrogens (tertiary/aromatic N) is 1. The van der Waals surface area contributed by atoms with Gasteiger partial charge in [-0.15, -0.1) is 0 Å². The third-order valence-electron chi connectivity index (χ3n) is 4.76. The van der Waals surface area contributed by atoms with Crippen molar-refractivity contribution in [2.45, 2.75) is 38.6 Å². The van der Waals surface area contributed by atoms with E-state index in [0.717, 1.165) is 56.3 Å². The van der Waals surface area contributed by atoms with E-state index in [-0.39, 0.29) is 5.91 Å². The Morgan fingerprint density at radius 2 is 1.87 bits per heavy atom. The Kier molecular flexibility index (Phi) is 5.29. The van der Waals surface area contributed by atoms with Crippen molar-refractivity contribution in [2.24, 2.45) is 0 Å². The molecule has 0 saturated carbocycles. The minimum Gasteiger partial charge on any atom is -0.336 e. The van der Waals surface area contributed by atoms with Gasteiger partial charge in [-0.1, -0.05) is 43.7 Å². The smallest absolute Gasteiger partial charge is 0.254 e. The molecule has 3 nitrogen and oxygen atoms in total. The summed E-state index contributed by atoms with van der Waals surface area (Å²) in [6.07, 6.45) is 4.31. The van der Waals surface area contributed by atoms with Crippen LogP contribution in [0.5, 0.6) is 0 Å². The van der Waals surface area contributed by atoms with E-state index in [9.17, 15) is 4.79 Å². The Bertz CT molecular complexity index is 661. The van der Waals surface area contributed by atoms with Crippen LogP contribution in [0.25, 0.3) is 10.8 Å². The third kappa shape index (κ3) is 3.73. The summed E-state index contributed by atoms with van der Waals surface area (Å²) in [6, 6.07) is 14.7. The molecule has 122 valence electrons. The van der Waals surface area contributed by atoms with Crippen LogP contribution in [-0.2, 0) is 0 Å². The van der Waals surface area contributed by atoms with E-state index < -0.39 is 0 Å². The Morgan fingerprint density at radius 3 is 2.61 bits per heavy atom. The van der Waals surface area contributed by atoms with Gasteiger partial charge >= 0.3 is 0 Å². The van der Waals surface area contributed by atoms with Crippen LogP contribution in [0.2, 0.25) is 0 Å². The van der Waals surface area contributed by atoms with Gasteiger partial charge in [0.15, 0.2) is 0 Å². The molecule has 3 heteroatoms. The molecule has 0 aromatic heterocycles. The van der Waals surface area contributed by atoms with E-state index in [0.29, 0.717) is 6.04 Å². The topological polar surface area (TPSA) is 32.3 Å². The summed E-state index contributed by atoms with van der Waals surface area (Å²) in [4.78, 5) is 15.2. The van der Waals surface area contributed by atoms with Crippen LogP contribution < -0.4 is 5.32 Å². The summed E-state index contributed by atoms with van der Waals surface area (Å²) in [7, 11) is 0. The average molecular weight is 310 g/mol. The number of fused-ring (bicyclic) bond motifs is 1. The maximum absolute atomic E-state index is 13.1. The van der Waals surface area contributed by atoms with Crippen LogP contribution in [0.15, 0.2) is 42.5 Å². The highest BCUT2D eigenvalue weighted by Gasteiger charge is 2.25. The molecule has 0 unspecified atom stereocenters. The first-order valence-corrected chi connectivity index (χ1v) is 8.80. The molecular formula is C20H26N2O. The molecule has 1 amide bonds. The molecule has 2 aromatic rings. The zero-order valence-electron chi connectivity index (χ0n) is 13.9. The molecule has 1 saturated heterocycles. The van der Waals surface area contributed by atoms with E-state index in [2.05, 4.69) is 35.3 Å². The number of nitrogens with one attached hydrogen (secondary N) is 1. The Morgan fingerprint density at radius 1 is 1.13 bits per heavy atom. The van der Waals surface area contributed by atoms with Crippen LogP contribution in [0.4, 0.5) is 0 Å². The normalized spacial score (nSPS) is 15.7. The van der Waals surface area contributed by atoms with Crippen molar-refractivity contribution in [3.05, 3.63) is 48.0 Å². The number of piperidine rings is 1. The fraction of sp³-hybridized carbons (Fsp3) is 0.450. The van der Waals surface area contributed by atoms with Crippen molar-refractivity contribution in [2.75, 3.05) is 19.6 Å². The zero-order chi connectivity index (χ0) is 16.1. The van der Waals surface area contributed by atoms with Crippen LogP contribution in [0.1, 0.15) is 43.0 Å². The molecule has 3 rings (SSSR count). The van der Waals surface area contributed by atoms with Gasteiger partial charge in [0.2, 0.25) is 0 Å². The first kappa shape index (κ1) is 16.0. The molecule has 23 heavy (non-hydrogen) atoms. The van der Waals surface area contributed by atoms with E-state index >= 15 is 0 Å². The minimum absolute atomic E-state index is 0.191. The highest BCUT2D eigenvalue weighted by atomic mass is 16.2. The molecule has 1 fully saturated rings. The van der Waals surface area contributed by atoms with Crippen LogP contribution in [-0.4, -0.2) is 36.5 Å². The fourth-order valence-electron chi connectivity index (χ4n) is 3.38. The number of benzene rings is 2. The summed E-state index contributed by atoms with van der Waals surface area (Å²) in [6.45, 7) is 5.07. The van der Waals surface area contributed by atoms with Crippen molar-refractivity contribution >= 4 is 16.7 Å². The van der Waals surface area contributed by atoms with Crippen molar-refractivity contribution in [1.82, 2.24) is 10.2 Å². The quantitative estimate of drug-likeness (QED) is 0.910. The van der Waals surface area contributed by atoms with Crippen LogP contribution >= 0.6 is 0 Å². The standard InChI is InChI=1S/C20H26N2O/c1-2-3-14-22(19-10-12-21-13-11-19)20(23)18-9-8-16-6-4-5-7-17(16)15-18/h4-9,15,19,21H,2-3,10-14H2,1H3. The predicted octanol–water partition coefficient (Wildman–Crippen LogP) is 3.83. The number of hydrogen-bond donors (Lipinski definition) is 1. The highest BCUT2D eigenvalue weighted by Crippen LogP contribution is 2.20. The number of hydrogen-bond acceptors (Lipinski definition) is 2. The molecular weight excluding hydrogens is 284 g/mol. The molecule has 0 aliphatic carbocycles. The Labute approximate surface area is 138 Å². The lowest BCUT2D eigenvalue weighted by atomic mass is 10.0. The van der Waals surface area contributed by atoms with Crippen LogP contribution in [0, 0.1) is 0 Å². The van der Waals surface area contributed by atoms with Gasteiger partial charge in [0.1, 0.15) is 0 Å². The molecule has 0 atom stereocenters. The first-order valence-electron chi connectivity index (χ1n) is 8.80. The number of carbonyl (C=O) groups excluding carboxylic acids is 1. The first-order chi connectivity index (χ1) is 11.3.